The van der Waals surface area contributed by atoms with Gasteiger partial charge in [-0.05, 0) is 48.5 Å². The molecule has 4 atom stereocenters. The minimum absolute atomic E-state index is 0.0606. The molecule has 0 N–H and O–H groups in total. The van der Waals surface area contributed by atoms with Gasteiger partial charge in [-0.25, -0.2) is 0 Å². The lowest BCUT2D eigenvalue weighted by molar-refractivity contribution is -0.148. The molecule has 128 valence electrons. The van der Waals surface area contributed by atoms with E-state index in [0.29, 0.717) is 18.6 Å². The molecule has 2 saturated carbocycles. The van der Waals surface area contributed by atoms with Crippen molar-refractivity contribution in [2.75, 3.05) is 0 Å². The summed E-state index contributed by atoms with van der Waals surface area (Å²) in [6, 6.07) is 0. The number of rotatable bonds is 5. The number of carbonyl (C=O) groups is 3. The maximum Gasteiger partial charge on any atom is 0.145 e. The molecule has 3 heteroatoms. The van der Waals surface area contributed by atoms with Crippen molar-refractivity contribution in [3.05, 3.63) is 11.6 Å². The van der Waals surface area contributed by atoms with E-state index < -0.39 is 0 Å². The van der Waals surface area contributed by atoms with Gasteiger partial charge >= 0.3 is 0 Å². The maximum atomic E-state index is 12.6. The number of ketones is 1. The van der Waals surface area contributed by atoms with Gasteiger partial charge in [-0.15, -0.1) is 0 Å². The van der Waals surface area contributed by atoms with E-state index in [1.54, 1.807) is 0 Å². The Morgan fingerprint density at radius 3 is 2.52 bits per heavy atom. The Hall–Kier alpha value is -1.25. The van der Waals surface area contributed by atoms with Crippen LogP contribution in [0.3, 0.4) is 0 Å². The largest absolute Gasteiger partial charge is 0.303 e. The second-order valence-corrected chi connectivity index (χ2v) is 8.31. The molecule has 2 aliphatic rings. The number of hydrogen-bond acceptors (Lipinski definition) is 3. The lowest BCUT2D eigenvalue weighted by Crippen LogP contribution is -2.53. The van der Waals surface area contributed by atoms with Gasteiger partial charge in [-0.3, -0.25) is 9.59 Å². The first-order chi connectivity index (χ1) is 10.8. The van der Waals surface area contributed by atoms with Crippen molar-refractivity contribution in [2.45, 2.75) is 66.2 Å². The molecular weight excluding hydrogens is 288 g/mol. The number of hydrogen-bond donors (Lipinski definition) is 0. The fourth-order valence-electron chi connectivity index (χ4n) is 5.07. The second-order valence-electron chi connectivity index (χ2n) is 8.31. The summed E-state index contributed by atoms with van der Waals surface area (Å²) in [5, 5.41) is 0. The fourth-order valence-corrected chi connectivity index (χ4v) is 5.07. The monoisotopic (exact) mass is 318 g/mol. The van der Waals surface area contributed by atoms with Crippen LogP contribution < -0.4 is 0 Å². The molecule has 3 nitrogen and oxygen atoms in total. The van der Waals surface area contributed by atoms with E-state index in [1.807, 2.05) is 19.9 Å². The summed E-state index contributed by atoms with van der Waals surface area (Å²) in [6.45, 7) is 8.26. The van der Waals surface area contributed by atoms with E-state index in [2.05, 4.69) is 13.8 Å². The van der Waals surface area contributed by atoms with Gasteiger partial charge in [0.05, 0.1) is 0 Å². The number of aldehydes is 2. The maximum absolute atomic E-state index is 12.6. The van der Waals surface area contributed by atoms with E-state index in [9.17, 15) is 14.4 Å². The third-order valence-electron chi connectivity index (χ3n) is 6.55. The molecule has 0 amide bonds. The van der Waals surface area contributed by atoms with Crippen LogP contribution >= 0.6 is 0 Å². The van der Waals surface area contributed by atoms with Gasteiger partial charge in [-0.2, -0.15) is 0 Å². The van der Waals surface area contributed by atoms with E-state index in [0.717, 1.165) is 43.8 Å². The molecule has 23 heavy (non-hydrogen) atoms. The van der Waals surface area contributed by atoms with Gasteiger partial charge in [0.25, 0.3) is 0 Å². The van der Waals surface area contributed by atoms with Crippen LogP contribution in [-0.4, -0.2) is 18.4 Å². The molecular formula is C20H30O3. The Balaban J connectivity index is 2.32. The van der Waals surface area contributed by atoms with Crippen LogP contribution in [0, 0.1) is 28.6 Å². The topological polar surface area (TPSA) is 51.2 Å². The number of allylic oxidation sites excluding steroid dienone is 2. The van der Waals surface area contributed by atoms with Gasteiger partial charge in [0.1, 0.15) is 18.4 Å². The highest BCUT2D eigenvalue weighted by molar-refractivity contribution is 5.83. The predicted octanol–water partition coefficient (Wildman–Crippen LogP) is 4.15. The Morgan fingerprint density at radius 1 is 1.26 bits per heavy atom. The summed E-state index contributed by atoms with van der Waals surface area (Å²) in [5.41, 5.74) is 0.351. The van der Waals surface area contributed by atoms with Crippen LogP contribution in [0.2, 0.25) is 0 Å². The highest BCUT2D eigenvalue weighted by atomic mass is 16.1. The molecule has 0 heterocycles. The Kier molecular flexibility index (Phi) is 5.27. The predicted molar refractivity (Wildman–Crippen MR) is 91.0 cm³/mol. The summed E-state index contributed by atoms with van der Waals surface area (Å²) >= 11 is 0. The van der Waals surface area contributed by atoms with Crippen molar-refractivity contribution < 1.29 is 14.4 Å². The summed E-state index contributed by atoms with van der Waals surface area (Å²) < 4.78 is 0. The van der Waals surface area contributed by atoms with Crippen LogP contribution in [-0.2, 0) is 14.4 Å². The first-order valence-electron chi connectivity index (χ1n) is 8.93. The zero-order valence-electron chi connectivity index (χ0n) is 14.9. The smallest absolute Gasteiger partial charge is 0.145 e. The van der Waals surface area contributed by atoms with Gasteiger partial charge in [0, 0.05) is 17.8 Å². The SMILES string of the molecule is CC(C)/C(C=O)=C\C[C@H]1C(=O)CC[C@@H]2[C@]1(C)CCC[C@]2(C)C=O. The number of fused-ring (bicyclic) bond motifs is 1. The van der Waals surface area contributed by atoms with Gasteiger partial charge in [-0.1, -0.05) is 40.2 Å². The molecule has 0 aromatic carbocycles. The zero-order valence-corrected chi connectivity index (χ0v) is 14.9. The van der Waals surface area contributed by atoms with E-state index in [-0.39, 0.29) is 28.6 Å². The molecule has 2 rings (SSSR count). The number of carbonyl (C=O) groups excluding carboxylic acids is 3. The summed E-state index contributed by atoms with van der Waals surface area (Å²) in [5.74, 6) is 0.705. The van der Waals surface area contributed by atoms with E-state index in [4.69, 9.17) is 0 Å². The van der Waals surface area contributed by atoms with Gasteiger partial charge in [0.2, 0.25) is 0 Å². The minimum atomic E-state index is -0.304. The van der Waals surface area contributed by atoms with Crippen molar-refractivity contribution >= 4 is 18.4 Å². The van der Waals surface area contributed by atoms with Crippen LogP contribution in [0.25, 0.3) is 0 Å². The number of Topliss-reactive ketones (excluding diaryl/α,β-unsaturated/α-hetero) is 1. The van der Waals surface area contributed by atoms with Crippen LogP contribution in [0.4, 0.5) is 0 Å². The molecule has 2 fully saturated rings. The second kappa shape index (κ2) is 6.70. The Labute approximate surface area is 139 Å². The highest BCUT2D eigenvalue weighted by Crippen LogP contribution is 2.59. The third kappa shape index (κ3) is 3.20. The molecule has 0 saturated heterocycles. The average Bonchev–Trinajstić information content (AvgIpc) is 2.49. The average molecular weight is 318 g/mol. The fraction of sp³-hybridized carbons (Fsp3) is 0.750. The minimum Gasteiger partial charge on any atom is -0.303 e. The van der Waals surface area contributed by atoms with Gasteiger partial charge in [0.15, 0.2) is 0 Å². The molecule has 0 radical (unpaired) electrons. The molecule has 0 aliphatic heterocycles. The molecule has 0 aromatic rings. The van der Waals surface area contributed by atoms with E-state index in [1.165, 1.54) is 0 Å². The summed E-state index contributed by atoms with van der Waals surface area (Å²) in [7, 11) is 0. The molecule has 0 bridgehead atoms. The highest BCUT2D eigenvalue weighted by Gasteiger charge is 2.55. The quantitative estimate of drug-likeness (QED) is 0.565. The third-order valence-corrected chi connectivity index (χ3v) is 6.55. The summed E-state index contributed by atoms with van der Waals surface area (Å²) in [4.78, 5) is 35.6. The Morgan fingerprint density at radius 2 is 1.96 bits per heavy atom. The molecule has 0 unspecified atom stereocenters. The Bertz CT molecular complexity index is 519. The first-order valence-corrected chi connectivity index (χ1v) is 8.93. The lowest BCUT2D eigenvalue weighted by Gasteiger charge is -2.55. The van der Waals surface area contributed by atoms with Crippen LogP contribution in [0.1, 0.15) is 66.2 Å². The van der Waals surface area contributed by atoms with Gasteiger partial charge < -0.3 is 4.79 Å². The standard InChI is InChI=1S/C20H30O3/c1-14(2)15(12-21)6-7-16-17(23)8-9-18-19(3,13-22)10-5-11-20(16,18)4/h6,12-14,16,18H,5,7-11H2,1-4H3/b15-6-/t16-,18-,19+,20+/m0/s1. The normalized spacial score (nSPS) is 38.3. The van der Waals surface area contributed by atoms with Crippen molar-refractivity contribution in [3.8, 4) is 0 Å². The lowest BCUT2D eigenvalue weighted by atomic mass is 9.47. The summed E-state index contributed by atoms with van der Waals surface area (Å²) in [6.07, 6.45) is 8.96. The molecule has 2 aliphatic carbocycles. The molecule has 0 spiro atoms. The van der Waals surface area contributed by atoms with Crippen molar-refractivity contribution in [1.29, 1.82) is 0 Å². The van der Waals surface area contributed by atoms with Crippen molar-refractivity contribution in [3.63, 3.8) is 0 Å². The van der Waals surface area contributed by atoms with Crippen molar-refractivity contribution in [1.82, 2.24) is 0 Å². The molecule has 0 aromatic heterocycles. The zero-order chi connectivity index (χ0) is 17.3. The first kappa shape index (κ1) is 18.1. The van der Waals surface area contributed by atoms with Crippen molar-refractivity contribution in [2.24, 2.45) is 28.6 Å². The van der Waals surface area contributed by atoms with Crippen LogP contribution in [0.15, 0.2) is 11.6 Å². The van der Waals surface area contributed by atoms with Crippen LogP contribution in [0.5, 0.6) is 0 Å². The van der Waals surface area contributed by atoms with E-state index >= 15 is 0 Å².